The molecular weight excluding hydrogens is 222 g/mol. The lowest BCUT2D eigenvalue weighted by atomic mass is 9.54. The van der Waals surface area contributed by atoms with E-state index < -0.39 is 5.54 Å². The SMILES string of the molecule is C=CCC1(N)CC(N)CC(N)C1(CC=C)CC=C. The van der Waals surface area contributed by atoms with E-state index >= 15 is 0 Å². The average Bonchev–Trinajstić information content (AvgIpc) is 2.26. The normalized spacial score (nSPS) is 34.8. The van der Waals surface area contributed by atoms with Crippen LogP contribution in [0, 0.1) is 5.41 Å². The molecule has 3 nitrogen and oxygen atoms in total. The fourth-order valence-corrected chi connectivity index (χ4v) is 3.53. The number of hydrogen-bond acceptors (Lipinski definition) is 3. The second-order valence-electron chi connectivity index (χ2n) is 5.60. The van der Waals surface area contributed by atoms with E-state index in [1.165, 1.54) is 0 Å². The molecule has 1 aliphatic rings. The molecule has 0 amide bonds. The van der Waals surface area contributed by atoms with Crippen LogP contribution < -0.4 is 17.2 Å². The molecule has 3 heteroatoms. The van der Waals surface area contributed by atoms with Crippen LogP contribution >= 0.6 is 0 Å². The van der Waals surface area contributed by atoms with Gasteiger partial charge in [-0.05, 0) is 32.1 Å². The van der Waals surface area contributed by atoms with Gasteiger partial charge in [0.1, 0.15) is 0 Å². The van der Waals surface area contributed by atoms with Crippen molar-refractivity contribution in [1.29, 1.82) is 0 Å². The van der Waals surface area contributed by atoms with Gasteiger partial charge in [0.2, 0.25) is 0 Å². The standard InChI is InChI=1S/C15H27N3/c1-4-7-14(8-5-2)13(17)10-12(16)11-15(14,18)9-6-3/h4-6,12-13H,1-3,7-11,16-18H2. The van der Waals surface area contributed by atoms with Crippen LogP contribution in [-0.4, -0.2) is 17.6 Å². The van der Waals surface area contributed by atoms with Crippen molar-refractivity contribution in [3.05, 3.63) is 38.0 Å². The van der Waals surface area contributed by atoms with E-state index in [0.717, 1.165) is 32.1 Å². The molecule has 0 radical (unpaired) electrons. The molecule has 0 bridgehead atoms. The van der Waals surface area contributed by atoms with Gasteiger partial charge in [0.25, 0.3) is 0 Å². The lowest BCUT2D eigenvalue weighted by molar-refractivity contribution is 0.0348. The van der Waals surface area contributed by atoms with Gasteiger partial charge in [0.15, 0.2) is 0 Å². The number of nitrogens with two attached hydrogens (primary N) is 3. The molecule has 0 aromatic rings. The van der Waals surface area contributed by atoms with E-state index in [0.29, 0.717) is 0 Å². The molecule has 18 heavy (non-hydrogen) atoms. The van der Waals surface area contributed by atoms with Gasteiger partial charge in [-0.15, -0.1) is 19.7 Å². The van der Waals surface area contributed by atoms with Crippen LogP contribution in [0.1, 0.15) is 32.1 Å². The molecule has 1 fully saturated rings. The fourth-order valence-electron chi connectivity index (χ4n) is 3.53. The molecule has 1 aliphatic carbocycles. The highest BCUT2D eigenvalue weighted by molar-refractivity contribution is 5.17. The van der Waals surface area contributed by atoms with Gasteiger partial charge in [-0.2, -0.15) is 0 Å². The minimum absolute atomic E-state index is 0.0257. The van der Waals surface area contributed by atoms with Gasteiger partial charge in [-0.25, -0.2) is 0 Å². The lowest BCUT2D eigenvalue weighted by Gasteiger charge is -2.56. The summed E-state index contributed by atoms with van der Waals surface area (Å²) in [5, 5.41) is 0. The van der Waals surface area contributed by atoms with Gasteiger partial charge in [0, 0.05) is 23.0 Å². The van der Waals surface area contributed by atoms with Crippen molar-refractivity contribution in [1.82, 2.24) is 0 Å². The summed E-state index contributed by atoms with van der Waals surface area (Å²) in [6, 6.07) is 0.0369. The van der Waals surface area contributed by atoms with Crippen LogP contribution in [0.4, 0.5) is 0 Å². The Kier molecular flexibility index (Phi) is 4.91. The summed E-state index contributed by atoms with van der Waals surface area (Å²) in [5.74, 6) is 0. The predicted octanol–water partition coefficient (Wildman–Crippen LogP) is 1.85. The van der Waals surface area contributed by atoms with E-state index in [1.807, 2.05) is 18.2 Å². The van der Waals surface area contributed by atoms with Crippen molar-refractivity contribution < 1.29 is 0 Å². The van der Waals surface area contributed by atoms with Crippen molar-refractivity contribution in [2.24, 2.45) is 22.6 Å². The molecule has 0 aromatic carbocycles. The average molecular weight is 249 g/mol. The second kappa shape index (κ2) is 5.83. The third kappa shape index (κ3) is 2.44. The molecule has 1 rings (SSSR count). The smallest absolute Gasteiger partial charge is 0.0281 e. The van der Waals surface area contributed by atoms with Gasteiger partial charge >= 0.3 is 0 Å². The Balaban J connectivity index is 3.22. The highest BCUT2D eigenvalue weighted by Gasteiger charge is 2.53. The number of allylic oxidation sites excluding steroid dienone is 2. The Morgan fingerprint density at radius 1 is 1.00 bits per heavy atom. The highest BCUT2D eigenvalue weighted by Crippen LogP contribution is 2.49. The summed E-state index contributed by atoms with van der Waals surface area (Å²) in [6.45, 7) is 11.5. The maximum absolute atomic E-state index is 6.68. The van der Waals surface area contributed by atoms with Crippen molar-refractivity contribution in [2.75, 3.05) is 0 Å². The predicted molar refractivity (Wildman–Crippen MR) is 79.0 cm³/mol. The first-order valence-corrected chi connectivity index (χ1v) is 6.58. The topological polar surface area (TPSA) is 78.1 Å². The van der Waals surface area contributed by atoms with Crippen molar-refractivity contribution >= 4 is 0 Å². The molecule has 0 aromatic heterocycles. The monoisotopic (exact) mass is 249 g/mol. The van der Waals surface area contributed by atoms with Crippen LogP contribution in [0.2, 0.25) is 0 Å². The third-order valence-electron chi connectivity index (χ3n) is 4.41. The first-order valence-electron chi connectivity index (χ1n) is 6.58. The Morgan fingerprint density at radius 3 is 1.94 bits per heavy atom. The van der Waals surface area contributed by atoms with Gasteiger partial charge in [0.05, 0.1) is 0 Å². The summed E-state index contributed by atoms with van der Waals surface area (Å²) >= 11 is 0. The third-order valence-corrected chi connectivity index (χ3v) is 4.41. The zero-order valence-electron chi connectivity index (χ0n) is 11.3. The second-order valence-corrected chi connectivity index (χ2v) is 5.60. The molecule has 0 heterocycles. The Morgan fingerprint density at radius 2 is 1.50 bits per heavy atom. The Bertz CT molecular complexity index is 314. The van der Waals surface area contributed by atoms with Crippen molar-refractivity contribution in [2.45, 2.75) is 49.7 Å². The molecule has 3 atom stereocenters. The molecule has 3 unspecified atom stereocenters. The van der Waals surface area contributed by atoms with Crippen LogP contribution in [0.25, 0.3) is 0 Å². The van der Waals surface area contributed by atoms with E-state index in [1.54, 1.807) is 0 Å². The van der Waals surface area contributed by atoms with Gasteiger partial charge < -0.3 is 17.2 Å². The van der Waals surface area contributed by atoms with Gasteiger partial charge in [-0.1, -0.05) is 18.2 Å². The first-order chi connectivity index (χ1) is 8.45. The maximum atomic E-state index is 6.68. The van der Waals surface area contributed by atoms with Crippen LogP contribution in [-0.2, 0) is 0 Å². The Labute approximate surface area is 111 Å². The van der Waals surface area contributed by atoms with Crippen molar-refractivity contribution in [3.63, 3.8) is 0 Å². The molecular formula is C15H27N3. The van der Waals surface area contributed by atoms with Gasteiger partial charge in [-0.3, -0.25) is 0 Å². The van der Waals surface area contributed by atoms with E-state index in [2.05, 4.69) is 19.7 Å². The minimum Gasteiger partial charge on any atom is -0.328 e. The molecule has 0 saturated heterocycles. The molecule has 0 aliphatic heterocycles. The molecule has 1 saturated carbocycles. The quantitative estimate of drug-likeness (QED) is 0.629. The zero-order chi connectivity index (χ0) is 13.8. The summed E-state index contributed by atoms with van der Waals surface area (Å²) in [5.41, 5.74) is 18.5. The lowest BCUT2D eigenvalue weighted by Crippen LogP contribution is -2.68. The van der Waals surface area contributed by atoms with Crippen molar-refractivity contribution in [3.8, 4) is 0 Å². The Hall–Kier alpha value is -0.900. The largest absolute Gasteiger partial charge is 0.328 e. The minimum atomic E-state index is -0.422. The van der Waals surface area contributed by atoms with Crippen LogP contribution in [0.15, 0.2) is 38.0 Å². The molecule has 6 N–H and O–H groups in total. The summed E-state index contributed by atoms with van der Waals surface area (Å²) in [4.78, 5) is 0. The maximum Gasteiger partial charge on any atom is 0.0281 e. The summed E-state index contributed by atoms with van der Waals surface area (Å²) in [7, 11) is 0. The molecule has 102 valence electrons. The highest BCUT2D eigenvalue weighted by atomic mass is 14.9. The fraction of sp³-hybridized carbons (Fsp3) is 0.600. The zero-order valence-corrected chi connectivity index (χ0v) is 11.3. The first kappa shape index (κ1) is 15.2. The van der Waals surface area contributed by atoms with Crippen LogP contribution in [0.5, 0.6) is 0 Å². The summed E-state index contributed by atoms with van der Waals surface area (Å²) < 4.78 is 0. The summed E-state index contributed by atoms with van der Waals surface area (Å²) in [6.07, 6.45) is 9.55. The molecule has 0 spiro atoms. The van der Waals surface area contributed by atoms with Crippen LogP contribution in [0.3, 0.4) is 0 Å². The van der Waals surface area contributed by atoms with E-state index in [9.17, 15) is 0 Å². The number of rotatable bonds is 6. The number of hydrogen-bond donors (Lipinski definition) is 3. The van der Waals surface area contributed by atoms with E-state index in [4.69, 9.17) is 17.2 Å². The van der Waals surface area contributed by atoms with E-state index in [-0.39, 0.29) is 17.5 Å².